The van der Waals surface area contributed by atoms with Crippen LogP contribution >= 0.6 is 0 Å². The van der Waals surface area contributed by atoms with Crippen molar-refractivity contribution in [2.75, 3.05) is 14.2 Å². The van der Waals surface area contributed by atoms with Gasteiger partial charge < -0.3 is 9.47 Å². The summed E-state index contributed by atoms with van der Waals surface area (Å²) in [6.07, 6.45) is 1.02. The Balaban J connectivity index is 2.88. The Morgan fingerprint density at radius 1 is 1.22 bits per heavy atom. The SMILES string of the molecule is CCCC(=O)NC(=O)c1ccc(OC)cc1OC. The summed E-state index contributed by atoms with van der Waals surface area (Å²) < 4.78 is 10.1. The number of carbonyl (C=O) groups excluding carboxylic acids is 2. The smallest absolute Gasteiger partial charge is 0.261 e. The van der Waals surface area contributed by atoms with E-state index >= 15 is 0 Å². The molecule has 5 heteroatoms. The van der Waals surface area contributed by atoms with Gasteiger partial charge in [-0.05, 0) is 18.6 Å². The van der Waals surface area contributed by atoms with Gasteiger partial charge in [0.15, 0.2) is 0 Å². The van der Waals surface area contributed by atoms with Crippen LogP contribution in [0, 0.1) is 0 Å². The summed E-state index contributed by atoms with van der Waals surface area (Å²) in [5.41, 5.74) is 0.308. The van der Waals surface area contributed by atoms with E-state index in [9.17, 15) is 9.59 Å². The summed E-state index contributed by atoms with van der Waals surface area (Å²) in [6.45, 7) is 1.87. The lowest BCUT2D eigenvalue weighted by molar-refractivity contribution is -0.120. The monoisotopic (exact) mass is 251 g/mol. The number of methoxy groups -OCH3 is 2. The van der Waals surface area contributed by atoms with Gasteiger partial charge in [-0.25, -0.2) is 0 Å². The zero-order valence-corrected chi connectivity index (χ0v) is 10.8. The summed E-state index contributed by atoms with van der Waals surface area (Å²) in [5, 5.41) is 2.31. The van der Waals surface area contributed by atoms with Gasteiger partial charge in [0, 0.05) is 12.5 Å². The number of carbonyl (C=O) groups is 2. The van der Waals surface area contributed by atoms with E-state index in [0.717, 1.165) is 0 Å². The molecule has 0 aliphatic heterocycles. The maximum Gasteiger partial charge on any atom is 0.261 e. The average molecular weight is 251 g/mol. The van der Waals surface area contributed by atoms with Gasteiger partial charge in [-0.3, -0.25) is 14.9 Å². The molecule has 98 valence electrons. The Hall–Kier alpha value is -2.04. The molecule has 0 saturated heterocycles. The number of imide groups is 1. The van der Waals surface area contributed by atoms with Gasteiger partial charge in [0.25, 0.3) is 5.91 Å². The predicted octanol–water partition coefficient (Wildman–Crippen LogP) is 1.76. The number of nitrogens with one attached hydrogen (secondary N) is 1. The molecule has 0 saturated carbocycles. The third-order valence-corrected chi connectivity index (χ3v) is 2.38. The van der Waals surface area contributed by atoms with Gasteiger partial charge in [-0.15, -0.1) is 0 Å². The zero-order valence-electron chi connectivity index (χ0n) is 10.8. The zero-order chi connectivity index (χ0) is 13.5. The van der Waals surface area contributed by atoms with Crippen LogP contribution in [0.25, 0.3) is 0 Å². The van der Waals surface area contributed by atoms with Crippen LogP contribution < -0.4 is 14.8 Å². The molecule has 0 spiro atoms. The lowest BCUT2D eigenvalue weighted by Gasteiger charge is -2.10. The Morgan fingerprint density at radius 2 is 1.94 bits per heavy atom. The fraction of sp³-hybridized carbons (Fsp3) is 0.385. The van der Waals surface area contributed by atoms with Crippen molar-refractivity contribution in [3.8, 4) is 11.5 Å². The lowest BCUT2D eigenvalue weighted by atomic mass is 10.1. The largest absolute Gasteiger partial charge is 0.497 e. The number of rotatable bonds is 5. The molecular formula is C13H17NO4. The summed E-state index contributed by atoms with van der Waals surface area (Å²) in [7, 11) is 2.98. The molecular weight excluding hydrogens is 234 g/mol. The van der Waals surface area contributed by atoms with E-state index in [4.69, 9.17) is 9.47 Å². The number of benzene rings is 1. The van der Waals surface area contributed by atoms with Crippen LogP contribution in [-0.4, -0.2) is 26.0 Å². The number of ether oxygens (including phenoxy) is 2. The molecule has 0 aliphatic carbocycles. The second-order valence-corrected chi connectivity index (χ2v) is 3.69. The van der Waals surface area contributed by atoms with Crippen molar-refractivity contribution >= 4 is 11.8 Å². The Bertz CT molecular complexity index is 443. The maximum atomic E-state index is 11.9. The molecule has 0 aromatic heterocycles. The molecule has 1 aromatic rings. The van der Waals surface area contributed by atoms with Gasteiger partial charge >= 0.3 is 0 Å². The van der Waals surface area contributed by atoms with Crippen LogP contribution in [0.5, 0.6) is 11.5 Å². The Morgan fingerprint density at radius 3 is 2.50 bits per heavy atom. The van der Waals surface area contributed by atoms with E-state index in [2.05, 4.69) is 5.32 Å². The summed E-state index contributed by atoms with van der Waals surface area (Å²) in [4.78, 5) is 23.2. The van der Waals surface area contributed by atoms with E-state index in [1.165, 1.54) is 14.2 Å². The van der Waals surface area contributed by atoms with Crippen molar-refractivity contribution in [2.45, 2.75) is 19.8 Å². The maximum absolute atomic E-state index is 11.9. The van der Waals surface area contributed by atoms with Gasteiger partial charge in [-0.2, -0.15) is 0 Å². The molecule has 0 atom stereocenters. The van der Waals surface area contributed by atoms with Gasteiger partial charge in [0.05, 0.1) is 19.8 Å². The van der Waals surface area contributed by atoms with Gasteiger partial charge in [0.1, 0.15) is 11.5 Å². The van der Waals surface area contributed by atoms with Crippen LogP contribution in [0.1, 0.15) is 30.1 Å². The second kappa shape index (κ2) is 6.64. The standard InChI is InChI=1S/C13H17NO4/c1-4-5-12(15)14-13(16)10-7-6-9(17-2)8-11(10)18-3/h6-8H,4-5H2,1-3H3,(H,14,15,16). The normalized spacial score (nSPS) is 9.72. The van der Waals surface area contributed by atoms with Gasteiger partial charge in [0.2, 0.25) is 5.91 Å². The molecule has 0 heterocycles. The minimum atomic E-state index is -0.465. The first-order valence-corrected chi connectivity index (χ1v) is 5.68. The van der Waals surface area contributed by atoms with Crippen LogP contribution in [0.2, 0.25) is 0 Å². The third-order valence-electron chi connectivity index (χ3n) is 2.38. The van der Waals surface area contributed by atoms with Crippen LogP contribution in [-0.2, 0) is 4.79 Å². The summed E-state index contributed by atoms with van der Waals surface area (Å²) >= 11 is 0. The van der Waals surface area contributed by atoms with E-state index < -0.39 is 5.91 Å². The third kappa shape index (κ3) is 3.48. The highest BCUT2D eigenvalue weighted by Crippen LogP contribution is 2.24. The quantitative estimate of drug-likeness (QED) is 0.866. The first-order valence-electron chi connectivity index (χ1n) is 5.68. The molecule has 0 unspecified atom stereocenters. The molecule has 1 aromatic carbocycles. The van der Waals surface area contributed by atoms with Crippen molar-refractivity contribution in [1.29, 1.82) is 0 Å². The molecule has 0 radical (unpaired) electrons. The fourth-order valence-electron chi connectivity index (χ4n) is 1.47. The molecule has 2 amide bonds. The van der Waals surface area contributed by atoms with Crippen LogP contribution in [0.4, 0.5) is 0 Å². The van der Waals surface area contributed by atoms with Crippen molar-refractivity contribution in [2.24, 2.45) is 0 Å². The van der Waals surface area contributed by atoms with Crippen LogP contribution in [0.15, 0.2) is 18.2 Å². The first-order chi connectivity index (χ1) is 8.62. The molecule has 0 fully saturated rings. The van der Waals surface area contributed by atoms with E-state index in [1.807, 2.05) is 6.92 Å². The average Bonchev–Trinajstić information content (AvgIpc) is 2.38. The number of amides is 2. The summed E-state index contributed by atoms with van der Waals surface area (Å²) in [5.74, 6) is 0.202. The predicted molar refractivity (Wildman–Crippen MR) is 66.9 cm³/mol. The highest BCUT2D eigenvalue weighted by atomic mass is 16.5. The van der Waals surface area contributed by atoms with Crippen molar-refractivity contribution in [3.63, 3.8) is 0 Å². The fourth-order valence-corrected chi connectivity index (χ4v) is 1.47. The van der Waals surface area contributed by atoms with E-state index in [-0.39, 0.29) is 5.91 Å². The van der Waals surface area contributed by atoms with Crippen molar-refractivity contribution < 1.29 is 19.1 Å². The van der Waals surface area contributed by atoms with Crippen molar-refractivity contribution in [1.82, 2.24) is 5.32 Å². The molecule has 0 aliphatic rings. The highest BCUT2D eigenvalue weighted by molar-refractivity contribution is 6.06. The van der Waals surface area contributed by atoms with E-state index in [1.54, 1.807) is 18.2 Å². The lowest BCUT2D eigenvalue weighted by Crippen LogP contribution is -2.30. The molecule has 1 N–H and O–H groups in total. The van der Waals surface area contributed by atoms with Crippen LogP contribution in [0.3, 0.4) is 0 Å². The second-order valence-electron chi connectivity index (χ2n) is 3.69. The van der Waals surface area contributed by atoms with Gasteiger partial charge in [-0.1, -0.05) is 6.92 Å². The first kappa shape index (κ1) is 14.0. The summed E-state index contributed by atoms with van der Waals surface area (Å²) in [6, 6.07) is 4.80. The van der Waals surface area contributed by atoms with Crippen molar-refractivity contribution in [3.05, 3.63) is 23.8 Å². The minimum Gasteiger partial charge on any atom is -0.497 e. The minimum absolute atomic E-state index is 0.291. The number of hydrogen-bond donors (Lipinski definition) is 1. The molecule has 5 nitrogen and oxygen atoms in total. The molecule has 18 heavy (non-hydrogen) atoms. The topological polar surface area (TPSA) is 64.6 Å². The van der Waals surface area contributed by atoms with E-state index in [0.29, 0.717) is 29.9 Å². The Labute approximate surface area is 106 Å². The number of hydrogen-bond acceptors (Lipinski definition) is 4. The molecule has 0 bridgehead atoms. The highest BCUT2D eigenvalue weighted by Gasteiger charge is 2.15. The molecule has 1 rings (SSSR count). The Kier molecular flexibility index (Phi) is 5.17.